The van der Waals surface area contributed by atoms with E-state index >= 15 is 0 Å². The standard InChI is InChI=1S/C32H40N6O3S/c1-4-30(40)38-17-16-37(19-24(38)13-14-33)31-28(12-11-26-18-23-8-5-6-10-27(23)22(2)42-26)29(20-39)34-32(35-31)41-21-25-9-7-15-36(25)3/h4-6,8,10,20,22,24-26H,1,7,9,11-13,15-19,21H2,2-3H3/t22?,24?,25?,26-/m0/s1. The van der Waals surface area contributed by atoms with E-state index in [1.54, 1.807) is 4.90 Å². The number of thioether (sulfide) groups is 1. The number of carbonyl (C=O) groups excluding carboxylic acids is 2. The molecule has 1 aromatic carbocycles. The van der Waals surface area contributed by atoms with Gasteiger partial charge in [-0.15, -0.1) is 0 Å². The fourth-order valence-corrected chi connectivity index (χ4v) is 7.96. The molecular formula is C32H40N6O3S. The number of nitrogens with zero attached hydrogens (tertiary/aromatic N) is 6. The number of fused-ring (bicyclic) bond motifs is 1. The number of aldehydes is 1. The van der Waals surface area contributed by atoms with Gasteiger partial charge in [-0.25, -0.2) is 0 Å². The van der Waals surface area contributed by atoms with E-state index < -0.39 is 0 Å². The van der Waals surface area contributed by atoms with Crippen LogP contribution in [0.15, 0.2) is 36.9 Å². The minimum Gasteiger partial charge on any atom is -0.462 e. The topological polar surface area (TPSA) is 103 Å². The molecular weight excluding hydrogens is 548 g/mol. The normalized spacial score (nSPS) is 24.1. The van der Waals surface area contributed by atoms with Gasteiger partial charge in [-0.3, -0.25) is 9.59 Å². The quantitative estimate of drug-likeness (QED) is 0.298. The largest absolute Gasteiger partial charge is 0.462 e. The summed E-state index contributed by atoms with van der Waals surface area (Å²) in [5.41, 5.74) is 3.96. The molecule has 9 nitrogen and oxygen atoms in total. The Kier molecular flexibility index (Phi) is 9.80. The average Bonchev–Trinajstić information content (AvgIpc) is 3.42. The van der Waals surface area contributed by atoms with Gasteiger partial charge in [0.1, 0.15) is 18.1 Å². The minimum atomic E-state index is -0.306. The first-order valence-electron chi connectivity index (χ1n) is 14.9. The highest BCUT2D eigenvalue weighted by atomic mass is 32.2. The predicted octanol–water partition coefficient (Wildman–Crippen LogP) is 4.23. The Bertz CT molecular complexity index is 1350. The molecule has 2 saturated heterocycles. The number of rotatable bonds is 10. The van der Waals surface area contributed by atoms with E-state index in [9.17, 15) is 14.9 Å². The number of likely N-dealkylation sites (tertiary alicyclic amines) is 1. The van der Waals surface area contributed by atoms with E-state index in [2.05, 4.69) is 65.7 Å². The van der Waals surface area contributed by atoms with Crippen molar-refractivity contribution in [1.82, 2.24) is 19.8 Å². The lowest BCUT2D eigenvalue weighted by atomic mass is 9.96. The highest BCUT2D eigenvalue weighted by Crippen LogP contribution is 2.42. The van der Waals surface area contributed by atoms with E-state index in [0.29, 0.717) is 54.7 Å². The summed E-state index contributed by atoms with van der Waals surface area (Å²) in [7, 11) is 2.09. The van der Waals surface area contributed by atoms with Gasteiger partial charge in [0, 0.05) is 41.7 Å². The predicted molar refractivity (Wildman–Crippen MR) is 165 cm³/mol. The number of nitriles is 1. The van der Waals surface area contributed by atoms with Crippen molar-refractivity contribution in [3.63, 3.8) is 0 Å². The Morgan fingerprint density at radius 3 is 2.81 bits per heavy atom. The van der Waals surface area contributed by atoms with Crippen LogP contribution in [0, 0.1) is 11.3 Å². The molecule has 4 heterocycles. The molecule has 0 spiro atoms. The number of amides is 1. The Hall–Kier alpha value is -3.42. The molecule has 3 aliphatic heterocycles. The van der Waals surface area contributed by atoms with Crippen molar-refractivity contribution in [2.45, 2.75) is 68.0 Å². The number of piperazine rings is 1. The van der Waals surface area contributed by atoms with Crippen LogP contribution in [0.4, 0.5) is 5.82 Å². The van der Waals surface area contributed by atoms with E-state index in [1.807, 2.05) is 11.8 Å². The molecule has 0 N–H and O–H groups in total. The molecule has 1 amide bonds. The smallest absolute Gasteiger partial charge is 0.319 e. The molecule has 1 aromatic heterocycles. The Morgan fingerprint density at radius 2 is 2.07 bits per heavy atom. The van der Waals surface area contributed by atoms with Gasteiger partial charge in [-0.05, 0) is 69.8 Å². The van der Waals surface area contributed by atoms with Crippen LogP contribution in [-0.4, -0.2) is 89.1 Å². The van der Waals surface area contributed by atoms with Gasteiger partial charge in [-0.1, -0.05) is 30.8 Å². The van der Waals surface area contributed by atoms with Crippen molar-refractivity contribution in [2.75, 3.05) is 44.7 Å². The number of carbonyl (C=O) groups is 2. The van der Waals surface area contributed by atoms with Crippen LogP contribution < -0.4 is 9.64 Å². The third-order valence-electron chi connectivity index (χ3n) is 8.81. The van der Waals surface area contributed by atoms with Gasteiger partial charge in [0.25, 0.3) is 0 Å². The van der Waals surface area contributed by atoms with Crippen LogP contribution in [0.2, 0.25) is 0 Å². The van der Waals surface area contributed by atoms with Crippen molar-refractivity contribution >= 4 is 29.8 Å². The van der Waals surface area contributed by atoms with Gasteiger partial charge in [0.05, 0.1) is 18.5 Å². The maximum Gasteiger partial charge on any atom is 0.319 e. The SMILES string of the molecule is C=CC(=O)N1CCN(c2nc(OCC3CCCN3C)nc(C=O)c2CC[C@H]2Cc3ccccc3C(C)S2)CC1CC#N. The van der Waals surface area contributed by atoms with Gasteiger partial charge < -0.3 is 19.4 Å². The van der Waals surface area contributed by atoms with Gasteiger partial charge in [0.15, 0.2) is 6.29 Å². The zero-order valence-electron chi connectivity index (χ0n) is 24.6. The second kappa shape index (κ2) is 13.7. The van der Waals surface area contributed by atoms with Crippen LogP contribution in [-0.2, 0) is 17.6 Å². The number of hydrogen-bond donors (Lipinski definition) is 0. The monoisotopic (exact) mass is 588 g/mol. The lowest BCUT2D eigenvalue weighted by Crippen LogP contribution is -2.55. The van der Waals surface area contributed by atoms with Crippen molar-refractivity contribution in [3.05, 3.63) is 59.3 Å². The number of aromatic nitrogens is 2. The zero-order valence-corrected chi connectivity index (χ0v) is 25.4. The molecule has 2 fully saturated rings. The number of anilines is 1. The molecule has 4 atom stereocenters. The maximum absolute atomic E-state index is 12.5. The first kappa shape index (κ1) is 30.1. The summed E-state index contributed by atoms with van der Waals surface area (Å²) < 4.78 is 6.10. The Labute approximate surface area is 252 Å². The molecule has 3 unspecified atom stereocenters. The van der Waals surface area contributed by atoms with Gasteiger partial charge in [-0.2, -0.15) is 27.0 Å². The summed E-state index contributed by atoms with van der Waals surface area (Å²) in [6.07, 6.45) is 7.01. The summed E-state index contributed by atoms with van der Waals surface area (Å²) in [5, 5.41) is 10.3. The molecule has 5 rings (SSSR count). The molecule has 2 aromatic rings. The van der Waals surface area contributed by atoms with Gasteiger partial charge in [0.2, 0.25) is 5.91 Å². The molecule has 0 aliphatic carbocycles. The van der Waals surface area contributed by atoms with Crippen molar-refractivity contribution in [3.8, 4) is 12.1 Å². The van der Waals surface area contributed by atoms with Gasteiger partial charge >= 0.3 is 6.01 Å². The first-order valence-corrected chi connectivity index (χ1v) is 15.8. The summed E-state index contributed by atoms with van der Waals surface area (Å²) in [6.45, 7) is 8.78. The van der Waals surface area contributed by atoms with Crippen LogP contribution >= 0.6 is 11.8 Å². The fraction of sp³-hybridized carbons (Fsp3) is 0.531. The van der Waals surface area contributed by atoms with Crippen molar-refractivity contribution in [1.29, 1.82) is 5.26 Å². The van der Waals surface area contributed by atoms with Crippen molar-refractivity contribution < 1.29 is 14.3 Å². The Morgan fingerprint density at radius 1 is 1.24 bits per heavy atom. The van der Waals surface area contributed by atoms with Crippen molar-refractivity contribution in [2.24, 2.45) is 0 Å². The highest BCUT2D eigenvalue weighted by molar-refractivity contribution is 8.00. The lowest BCUT2D eigenvalue weighted by molar-refractivity contribution is -0.128. The fourth-order valence-electron chi connectivity index (χ4n) is 6.47. The van der Waals surface area contributed by atoms with E-state index in [0.717, 1.165) is 44.1 Å². The molecule has 0 saturated carbocycles. The summed E-state index contributed by atoms with van der Waals surface area (Å²) >= 11 is 1.98. The molecule has 42 heavy (non-hydrogen) atoms. The number of ether oxygens (including phenoxy) is 1. The second-order valence-corrected chi connectivity index (χ2v) is 13.1. The molecule has 3 aliphatic rings. The highest BCUT2D eigenvalue weighted by Gasteiger charge is 2.33. The number of hydrogen-bond acceptors (Lipinski definition) is 9. The molecule has 0 bridgehead atoms. The third kappa shape index (κ3) is 6.63. The third-order valence-corrected chi connectivity index (χ3v) is 10.3. The van der Waals surface area contributed by atoms with Crippen LogP contribution in [0.3, 0.4) is 0 Å². The maximum atomic E-state index is 12.5. The zero-order chi connectivity index (χ0) is 29.6. The molecule has 10 heteroatoms. The number of benzene rings is 1. The molecule has 222 valence electrons. The van der Waals surface area contributed by atoms with E-state index in [-0.39, 0.29) is 30.4 Å². The Balaban J connectivity index is 1.42. The van der Waals surface area contributed by atoms with E-state index in [4.69, 9.17) is 9.72 Å². The van der Waals surface area contributed by atoms with E-state index in [1.165, 1.54) is 17.2 Å². The van der Waals surface area contributed by atoms with Crippen LogP contribution in [0.1, 0.15) is 65.0 Å². The minimum absolute atomic E-state index is 0.181. The second-order valence-electron chi connectivity index (χ2n) is 11.4. The summed E-state index contributed by atoms with van der Waals surface area (Å²) in [5.74, 6) is 0.490. The number of likely N-dealkylation sites (N-methyl/N-ethyl adjacent to an activating group) is 1. The van der Waals surface area contributed by atoms with Crippen LogP contribution in [0.25, 0.3) is 0 Å². The lowest BCUT2D eigenvalue weighted by Gasteiger charge is -2.41. The average molecular weight is 589 g/mol. The first-order chi connectivity index (χ1) is 20.4. The summed E-state index contributed by atoms with van der Waals surface area (Å²) in [6, 6.07) is 11.1. The van der Waals surface area contributed by atoms with Crippen LogP contribution in [0.5, 0.6) is 6.01 Å². The summed E-state index contributed by atoms with van der Waals surface area (Å²) in [4.78, 5) is 40.5. The molecule has 0 radical (unpaired) electrons.